The minimum atomic E-state index is 0. The lowest BCUT2D eigenvalue weighted by atomic mass is 9.93. The third-order valence-corrected chi connectivity index (χ3v) is 5.80. The van der Waals surface area contributed by atoms with Crippen molar-refractivity contribution >= 4 is 35.6 Å². The maximum absolute atomic E-state index is 13.1. The van der Waals surface area contributed by atoms with Crippen molar-refractivity contribution in [1.82, 2.24) is 4.90 Å². The SMILES string of the molecule is I.N#Cc1ccc(CN2CCC(C(=O)N3CCCc4ccccc43)CC2)cc1. The minimum absolute atomic E-state index is 0. The van der Waals surface area contributed by atoms with Crippen molar-refractivity contribution in [2.75, 3.05) is 24.5 Å². The van der Waals surface area contributed by atoms with Crippen LogP contribution in [0.4, 0.5) is 5.69 Å². The molecule has 146 valence electrons. The molecule has 0 bridgehead atoms. The minimum Gasteiger partial charge on any atom is -0.312 e. The third-order valence-electron chi connectivity index (χ3n) is 5.80. The molecule has 0 unspecified atom stereocenters. The zero-order chi connectivity index (χ0) is 18.6. The summed E-state index contributed by atoms with van der Waals surface area (Å²) in [6.07, 6.45) is 3.98. The number of piperidine rings is 1. The fraction of sp³-hybridized carbons (Fsp3) is 0.391. The van der Waals surface area contributed by atoms with E-state index in [4.69, 9.17) is 5.26 Å². The van der Waals surface area contributed by atoms with Gasteiger partial charge >= 0.3 is 0 Å². The van der Waals surface area contributed by atoms with Crippen LogP contribution in [0.2, 0.25) is 0 Å². The smallest absolute Gasteiger partial charge is 0.230 e. The Morgan fingerprint density at radius 1 is 1.04 bits per heavy atom. The highest BCUT2D eigenvalue weighted by molar-refractivity contribution is 14.0. The lowest BCUT2D eigenvalue weighted by molar-refractivity contribution is -0.123. The Morgan fingerprint density at radius 2 is 1.75 bits per heavy atom. The molecule has 28 heavy (non-hydrogen) atoms. The van der Waals surface area contributed by atoms with Gasteiger partial charge in [-0.3, -0.25) is 9.69 Å². The van der Waals surface area contributed by atoms with E-state index in [1.165, 1.54) is 11.1 Å². The standard InChI is InChI=1S/C23H25N3O.HI/c24-16-18-7-9-19(10-8-18)17-25-14-11-21(12-15-25)23(27)26-13-3-5-20-4-1-2-6-22(20)26;/h1-2,4,6-10,21H,3,5,11-15,17H2;1H. The monoisotopic (exact) mass is 487 g/mol. The molecule has 2 aromatic rings. The van der Waals surface area contributed by atoms with E-state index in [0.29, 0.717) is 11.5 Å². The number of carbonyl (C=O) groups is 1. The lowest BCUT2D eigenvalue weighted by Gasteiger charge is -2.36. The number of hydrogen-bond donors (Lipinski definition) is 0. The van der Waals surface area contributed by atoms with Crippen LogP contribution < -0.4 is 4.90 Å². The molecule has 0 N–H and O–H groups in total. The van der Waals surface area contributed by atoms with E-state index in [-0.39, 0.29) is 29.9 Å². The maximum atomic E-state index is 13.1. The summed E-state index contributed by atoms with van der Waals surface area (Å²) in [7, 11) is 0. The van der Waals surface area contributed by atoms with E-state index in [1.54, 1.807) is 0 Å². The molecule has 2 aliphatic heterocycles. The van der Waals surface area contributed by atoms with Crippen LogP contribution in [0, 0.1) is 17.2 Å². The average Bonchev–Trinajstić information content (AvgIpc) is 2.74. The zero-order valence-corrected chi connectivity index (χ0v) is 18.3. The van der Waals surface area contributed by atoms with E-state index in [0.717, 1.165) is 57.5 Å². The van der Waals surface area contributed by atoms with Gasteiger partial charge in [0.25, 0.3) is 0 Å². The van der Waals surface area contributed by atoms with Crippen LogP contribution in [0.3, 0.4) is 0 Å². The second kappa shape index (κ2) is 9.53. The molecule has 0 aliphatic carbocycles. The summed E-state index contributed by atoms with van der Waals surface area (Å²) in [5.74, 6) is 0.438. The highest BCUT2D eigenvalue weighted by Gasteiger charge is 2.31. The van der Waals surface area contributed by atoms with Gasteiger partial charge in [0.1, 0.15) is 0 Å². The van der Waals surface area contributed by atoms with Crippen molar-refractivity contribution in [2.24, 2.45) is 5.92 Å². The predicted octanol–water partition coefficient (Wildman–Crippen LogP) is 4.37. The molecule has 1 fully saturated rings. The number of para-hydroxylation sites is 1. The van der Waals surface area contributed by atoms with E-state index in [9.17, 15) is 4.79 Å². The van der Waals surface area contributed by atoms with Crippen molar-refractivity contribution in [3.63, 3.8) is 0 Å². The Kier molecular flexibility index (Phi) is 7.08. The van der Waals surface area contributed by atoms with Crippen LogP contribution in [0.25, 0.3) is 0 Å². The Bertz CT molecular complexity index is 851. The largest absolute Gasteiger partial charge is 0.312 e. The van der Waals surface area contributed by atoms with Crippen LogP contribution in [-0.2, 0) is 17.8 Å². The number of nitrogens with zero attached hydrogens (tertiary/aromatic N) is 3. The van der Waals surface area contributed by atoms with Gasteiger partial charge < -0.3 is 4.90 Å². The van der Waals surface area contributed by atoms with Gasteiger partial charge in [0.15, 0.2) is 0 Å². The second-order valence-corrected chi connectivity index (χ2v) is 7.58. The summed E-state index contributed by atoms with van der Waals surface area (Å²) in [4.78, 5) is 17.6. The topological polar surface area (TPSA) is 47.3 Å². The highest BCUT2D eigenvalue weighted by atomic mass is 127. The van der Waals surface area contributed by atoms with Crippen LogP contribution in [0.15, 0.2) is 48.5 Å². The zero-order valence-electron chi connectivity index (χ0n) is 16.0. The predicted molar refractivity (Wildman–Crippen MR) is 122 cm³/mol. The first-order valence-electron chi connectivity index (χ1n) is 9.85. The number of rotatable bonds is 3. The third kappa shape index (κ3) is 4.56. The number of aryl methyl sites for hydroxylation is 1. The van der Waals surface area contributed by atoms with Crippen molar-refractivity contribution in [3.8, 4) is 6.07 Å². The molecule has 2 heterocycles. The van der Waals surface area contributed by atoms with Gasteiger partial charge in [-0.2, -0.15) is 5.26 Å². The van der Waals surface area contributed by atoms with E-state index in [2.05, 4.69) is 29.2 Å². The van der Waals surface area contributed by atoms with Crippen molar-refractivity contribution < 1.29 is 4.79 Å². The average molecular weight is 487 g/mol. The summed E-state index contributed by atoms with van der Waals surface area (Å²) in [5.41, 5.74) is 4.35. The quantitative estimate of drug-likeness (QED) is 0.605. The normalized spacial score (nSPS) is 17.3. The van der Waals surface area contributed by atoms with Crippen molar-refractivity contribution in [3.05, 3.63) is 65.2 Å². The lowest BCUT2D eigenvalue weighted by Crippen LogP contribution is -2.44. The van der Waals surface area contributed by atoms with Gasteiger partial charge in [-0.15, -0.1) is 24.0 Å². The summed E-state index contributed by atoms with van der Waals surface area (Å²) in [6, 6.07) is 18.3. The molecule has 4 rings (SSSR count). The van der Waals surface area contributed by atoms with Crippen LogP contribution in [0.1, 0.15) is 36.0 Å². The first-order chi connectivity index (χ1) is 13.2. The van der Waals surface area contributed by atoms with Gasteiger partial charge in [-0.1, -0.05) is 30.3 Å². The van der Waals surface area contributed by atoms with Crippen LogP contribution >= 0.6 is 24.0 Å². The second-order valence-electron chi connectivity index (χ2n) is 7.58. The highest BCUT2D eigenvalue weighted by Crippen LogP contribution is 2.30. The summed E-state index contributed by atoms with van der Waals surface area (Å²) >= 11 is 0. The molecule has 2 aliphatic rings. The van der Waals surface area contributed by atoms with E-state index >= 15 is 0 Å². The number of benzene rings is 2. The van der Waals surface area contributed by atoms with Gasteiger partial charge in [-0.25, -0.2) is 0 Å². The number of anilines is 1. The Morgan fingerprint density at radius 3 is 2.46 bits per heavy atom. The molecule has 1 amide bonds. The number of likely N-dealkylation sites (tertiary alicyclic amines) is 1. The Labute approximate surface area is 184 Å². The molecule has 1 saturated heterocycles. The fourth-order valence-corrected chi connectivity index (χ4v) is 4.26. The van der Waals surface area contributed by atoms with Crippen LogP contribution in [0.5, 0.6) is 0 Å². The van der Waals surface area contributed by atoms with E-state index < -0.39 is 0 Å². The molecule has 0 atom stereocenters. The van der Waals surface area contributed by atoms with Crippen molar-refractivity contribution in [1.29, 1.82) is 5.26 Å². The summed E-state index contributed by atoms with van der Waals surface area (Å²) in [5, 5.41) is 8.90. The molecule has 0 spiro atoms. The summed E-state index contributed by atoms with van der Waals surface area (Å²) < 4.78 is 0. The molecular formula is C23H26IN3O. The van der Waals surface area contributed by atoms with Crippen LogP contribution in [-0.4, -0.2) is 30.4 Å². The molecular weight excluding hydrogens is 461 g/mol. The molecule has 0 aromatic heterocycles. The number of carbonyl (C=O) groups excluding carboxylic acids is 1. The number of fused-ring (bicyclic) bond motifs is 1. The molecule has 2 aromatic carbocycles. The first kappa shape index (κ1) is 20.8. The maximum Gasteiger partial charge on any atom is 0.230 e. The number of hydrogen-bond acceptors (Lipinski definition) is 3. The van der Waals surface area contributed by atoms with Crippen molar-refractivity contribution in [2.45, 2.75) is 32.2 Å². The summed E-state index contributed by atoms with van der Waals surface area (Å²) in [6.45, 7) is 3.64. The number of nitriles is 1. The molecule has 0 saturated carbocycles. The van der Waals surface area contributed by atoms with E-state index in [1.807, 2.05) is 35.2 Å². The van der Waals surface area contributed by atoms with Gasteiger partial charge in [0, 0.05) is 24.7 Å². The first-order valence-corrected chi connectivity index (χ1v) is 9.85. The molecule has 0 radical (unpaired) electrons. The Balaban J connectivity index is 0.00000225. The number of halogens is 1. The molecule has 4 nitrogen and oxygen atoms in total. The molecule has 5 heteroatoms. The fourth-order valence-electron chi connectivity index (χ4n) is 4.26. The van der Waals surface area contributed by atoms with Gasteiger partial charge in [-0.05, 0) is 68.1 Å². The number of amides is 1. The van der Waals surface area contributed by atoms with Gasteiger partial charge in [0.2, 0.25) is 5.91 Å². The van der Waals surface area contributed by atoms with Gasteiger partial charge in [0.05, 0.1) is 11.6 Å². The Hall–Kier alpha value is -1.91.